The number of fused-ring (bicyclic) bond motifs is 1. The van der Waals surface area contributed by atoms with Crippen molar-refractivity contribution in [3.05, 3.63) is 54.1 Å². The molecule has 0 aliphatic heterocycles. The third kappa shape index (κ3) is 2.53. The van der Waals surface area contributed by atoms with Gasteiger partial charge in [0.25, 0.3) is 0 Å². The Kier molecular flexibility index (Phi) is 3.43. The van der Waals surface area contributed by atoms with Crippen LogP contribution in [0.2, 0.25) is 0 Å². The van der Waals surface area contributed by atoms with Gasteiger partial charge in [-0.1, -0.05) is 12.1 Å². The van der Waals surface area contributed by atoms with Crippen LogP contribution in [0, 0.1) is 0 Å². The first kappa shape index (κ1) is 12.7. The Morgan fingerprint density at radius 3 is 2.70 bits per heavy atom. The number of aromatic nitrogens is 4. The molecule has 1 N–H and O–H groups in total. The number of aryl methyl sites for hydroxylation is 1. The van der Waals surface area contributed by atoms with Crippen LogP contribution in [-0.2, 0) is 13.5 Å². The van der Waals surface area contributed by atoms with E-state index >= 15 is 0 Å². The molecule has 0 radical (unpaired) electrons. The van der Waals surface area contributed by atoms with E-state index < -0.39 is 0 Å². The fourth-order valence-electron chi connectivity index (χ4n) is 2.28. The van der Waals surface area contributed by atoms with E-state index in [9.17, 15) is 0 Å². The summed E-state index contributed by atoms with van der Waals surface area (Å²) in [6.07, 6.45) is 4.59. The van der Waals surface area contributed by atoms with Crippen LogP contribution in [-0.4, -0.2) is 26.8 Å². The number of hydrogen-bond donors (Lipinski definition) is 1. The van der Waals surface area contributed by atoms with Crippen LogP contribution in [0.1, 0.15) is 17.4 Å². The first-order valence-electron chi connectivity index (χ1n) is 6.64. The standard InChI is InChI=1S/C15H17N5/c1-16-14(9-11-7-8-20(2)19-11)15-10-17-12-5-3-4-6-13(12)18-15/h3-8,10,14,16H,9H2,1-2H3. The second-order valence-corrected chi connectivity index (χ2v) is 4.81. The molecule has 0 saturated carbocycles. The van der Waals surface area contributed by atoms with Gasteiger partial charge < -0.3 is 5.32 Å². The number of benzene rings is 1. The van der Waals surface area contributed by atoms with Crippen molar-refractivity contribution < 1.29 is 0 Å². The van der Waals surface area contributed by atoms with Gasteiger partial charge in [0.1, 0.15) is 0 Å². The third-order valence-electron chi connectivity index (χ3n) is 3.35. The highest BCUT2D eigenvalue weighted by molar-refractivity contribution is 5.73. The average Bonchev–Trinajstić information content (AvgIpc) is 2.89. The quantitative estimate of drug-likeness (QED) is 0.784. The molecule has 5 nitrogen and oxygen atoms in total. The molecule has 1 unspecified atom stereocenters. The number of likely N-dealkylation sites (N-methyl/N-ethyl adjacent to an activating group) is 1. The lowest BCUT2D eigenvalue weighted by atomic mass is 10.1. The van der Waals surface area contributed by atoms with E-state index in [1.54, 1.807) is 0 Å². The Hall–Kier alpha value is -2.27. The van der Waals surface area contributed by atoms with Crippen LogP contribution in [0.25, 0.3) is 11.0 Å². The van der Waals surface area contributed by atoms with Crippen LogP contribution < -0.4 is 5.32 Å². The van der Waals surface area contributed by atoms with Gasteiger partial charge in [-0.25, -0.2) is 4.98 Å². The maximum absolute atomic E-state index is 4.69. The van der Waals surface area contributed by atoms with Crippen molar-refractivity contribution in [1.82, 2.24) is 25.1 Å². The zero-order valence-electron chi connectivity index (χ0n) is 11.6. The molecule has 102 valence electrons. The minimum atomic E-state index is 0.113. The van der Waals surface area contributed by atoms with Gasteiger partial charge in [0.05, 0.1) is 34.7 Å². The zero-order valence-corrected chi connectivity index (χ0v) is 11.6. The molecule has 0 amide bonds. The van der Waals surface area contributed by atoms with Crippen LogP contribution in [0.3, 0.4) is 0 Å². The largest absolute Gasteiger partial charge is 0.311 e. The molecular weight excluding hydrogens is 250 g/mol. The molecule has 20 heavy (non-hydrogen) atoms. The number of rotatable bonds is 4. The van der Waals surface area contributed by atoms with Gasteiger partial charge in [-0.3, -0.25) is 9.67 Å². The molecule has 0 saturated heterocycles. The molecule has 0 bridgehead atoms. The van der Waals surface area contributed by atoms with E-state index in [2.05, 4.69) is 20.4 Å². The molecule has 1 aromatic carbocycles. The SMILES string of the molecule is CNC(Cc1ccn(C)n1)c1cnc2ccccc2n1. The highest BCUT2D eigenvalue weighted by Gasteiger charge is 2.14. The topological polar surface area (TPSA) is 55.6 Å². The van der Waals surface area contributed by atoms with Gasteiger partial charge in [0, 0.05) is 19.7 Å². The summed E-state index contributed by atoms with van der Waals surface area (Å²) in [5.41, 5.74) is 3.83. The van der Waals surface area contributed by atoms with Gasteiger partial charge in [0.2, 0.25) is 0 Å². The Labute approximate surface area is 117 Å². The lowest BCUT2D eigenvalue weighted by Crippen LogP contribution is -2.20. The molecule has 3 rings (SSSR count). The third-order valence-corrected chi connectivity index (χ3v) is 3.35. The van der Waals surface area contributed by atoms with Gasteiger partial charge in [-0.15, -0.1) is 0 Å². The predicted octanol–water partition coefficient (Wildman–Crippen LogP) is 1.87. The molecule has 1 atom stereocenters. The first-order chi connectivity index (χ1) is 9.76. The van der Waals surface area contributed by atoms with Crippen molar-refractivity contribution in [3.8, 4) is 0 Å². The maximum Gasteiger partial charge on any atom is 0.0890 e. The molecule has 0 spiro atoms. The predicted molar refractivity (Wildman–Crippen MR) is 78.3 cm³/mol. The summed E-state index contributed by atoms with van der Waals surface area (Å²) < 4.78 is 1.81. The summed E-state index contributed by atoms with van der Waals surface area (Å²) in [7, 11) is 3.86. The van der Waals surface area contributed by atoms with E-state index in [4.69, 9.17) is 0 Å². The molecule has 2 heterocycles. The fourth-order valence-corrected chi connectivity index (χ4v) is 2.28. The Morgan fingerprint density at radius 2 is 2.00 bits per heavy atom. The van der Waals surface area contributed by atoms with Crippen molar-refractivity contribution in [2.24, 2.45) is 7.05 Å². The Balaban J connectivity index is 1.90. The second-order valence-electron chi connectivity index (χ2n) is 4.81. The maximum atomic E-state index is 4.69. The van der Waals surface area contributed by atoms with E-state index in [1.807, 2.05) is 61.5 Å². The zero-order chi connectivity index (χ0) is 13.9. The lowest BCUT2D eigenvalue weighted by molar-refractivity contribution is 0.563. The van der Waals surface area contributed by atoms with Gasteiger partial charge in [0.15, 0.2) is 0 Å². The van der Waals surface area contributed by atoms with Gasteiger partial charge >= 0.3 is 0 Å². The number of para-hydroxylation sites is 2. The molecule has 0 aliphatic rings. The Morgan fingerprint density at radius 1 is 1.20 bits per heavy atom. The van der Waals surface area contributed by atoms with Crippen LogP contribution >= 0.6 is 0 Å². The molecule has 5 heteroatoms. The lowest BCUT2D eigenvalue weighted by Gasteiger charge is -2.14. The van der Waals surface area contributed by atoms with E-state index in [1.165, 1.54) is 0 Å². The van der Waals surface area contributed by atoms with Crippen molar-refractivity contribution >= 4 is 11.0 Å². The summed E-state index contributed by atoms with van der Waals surface area (Å²) in [4.78, 5) is 9.16. The van der Waals surface area contributed by atoms with Crippen LogP contribution in [0.5, 0.6) is 0 Å². The number of nitrogens with one attached hydrogen (secondary N) is 1. The Bertz CT molecular complexity index is 719. The van der Waals surface area contributed by atoms with Crippen LogP contribution in [0.15, 0.2) is 42.7 Å². The summed E-state index contributed by atoms with van der Waals surface area (Å²) in [6, 6.07) is 10.0. The summed E-state index contributed by atoms with van der Waals surface area (Å²) in [6.45, 7) is 0. The first-order valence-corrected chi connectivity index (χ1v) is 6.64. The normalized spacial score (nSPS) is 12.7. The van der Waals surface area contributed by atoms with E-state index in [-0.39, 0.29) is 6.04 Å². The van der Waals surface area contributed by atoms with Gasteiger partial charge in [-0.05, 0) is 25.2 Å². The minimum Gasteiger partial charge on any atom is -0.311 e. The highest BCUT2D eigenvalue weighted by Crippen LogP contribution is 2.17. The van der Waals surface area contributed by atoms with E-state index in [0.717, 1.165) is 28.8 Å². The molecule has 3 aromatic rings. The van der Waals surface area contributed by atoms with Crippen molar-refractivity contribution in [2.45, 2.75) is 12.5 Å². The monoisotopic (exact) mass is 267 g/mol. The number of hydrogen-bond acceptors (Lipinski definition) is 4. The van der Waals surface area contributed by atoms with Crippen molar-refractivity contribution in [1.29, 1.82) is 0 Å². The van der Waals surface area contributed by atoms with Gasteiger partial charge in [-0.2, -0.15) is 5.10 Å². The summed E-state index contributed by atoms with van der Waals surface area (Å²) in [5.74, 6) is 0. The van der Waals surface area contributed by atoms with E-state index in [0.29, 0.717) is 0 Å². The smallest absolute Gasteiger partial charge is 0.0890 e. The second kappa shape index (κ2) is 5.38. The molecule has 0 aliphatic carbocycles. The summed E-state index contributed by atoms with van der Waals surface area (Å²) >= 11 is 0. The van der Waals surface area contributed by atoms with Crippen LogP contribution in [0.4, 0.5) is 0 Å². The summed E-state index contributed by atoms with van der Waals surface area (Å²) in [5, 5.41) is 7.70. The fraction of sp³-hybridized carbons (Fsp3) is 0.267. The van der Waals surface area contributed by atoms with Crippen molar-refractivity contribution in [2.75, 3.05) is 7.05 Å². The minimum absolute atomic E-state index is 0.113. The average molecular weight is 267 g/mol. The van der Waals surface area contributed by atoms with Crippen molar-refractivity contribution in [3.63, 3.8) is 0 Å². The highest BCUT2D eigenvalue weighted by atomic mass is 15.2. The molecule has 2 aromatic heterocycles. The molecule has 0 fully saturated rings. The molecular formula is C15H17N5. The number of nitrogens with zero attached hydrogens (tertiary/aromatic N) is 4.